The molecule has 2 heterocycles. The smallest absolute Gasteiger partial charge is 0.225 e. The molecule has 2 N–H and O–H groups in total. The van der Waals surface area contributed by atoms with E-state index in [9.17, 15) is 9.90 Å². The average molecular weight is 293 g/mol. The second-order valence-corrected chi connectivity index (χ2v) is 6.70. The van der Waals surface area contributed by atoms with Crippen LogP contribution >= 0.6 is 11.3 Å². The molecule has 1 amide bonds. The Morgan fingerprint density at radius 2 is 2.10 bits per heavy atom. The highest BCUT2D eigenvalue weighted by Crippen LogP contribution is 2.32. The number of hydrogen-bond donors (Lipinski definition) is 2. The maximum atomic E-state index is 12.0. The van der Waals surface area contributed by atoms with Crippen molar-refractivity contribution in [3.05, 3.63) is 46.5 Å². The molecule has 0 saturated carbocycles. The number of thiophene rings is 1. The lowest BCUT2D eigenvalue weighted by Gasteiger charge is -2.27. The van der Waals surface area contributed by atoms with Gasteiger partial charge in [-0.15, -0.1) is 11.3 Å². The summed E-state index contributed by atoms with van der Waals surface area (Å²) in [6, 6.07) is 7.12. The molecule has 2 aromatic rings. The second kappa shape index (κ2) is 5.42. The highest BCUT2D eigenvalue weighted by Gasteiger charge is 2.37. The molecule has 0 saturated heterocycles. The van der Waals surface area contributed by atoms with Gasteiger partial charge in [-0.05, 0) is 23.6 Å². The average Bonchev–Trinajstić information content (AvgIpc) is 3.05. The maximum Gasteiger partial charge on any atom is 0.225 e. The molecule has 0 aliphatic heterocycles. The van der Waals surface area contributed by atoms with Gasteiger partial charge >= 0.3 is 0 Å². The van der Waals surface area contributed by atoms with Crippen molar-refractivity contribution >= 4 is 17.2 Å². The number of aliphatic hydroxyl groups is 1. The van der Waals surface area contributed by atoms with Crippen LogP contribution < -0.4 is 5.32 Å². The first-order valence-corrected chi connectivity index (χ1v) is 7.30. The number of hydrogen-bond acceptors (Lipinski definition) is 4. The van der Waals surface area contributed by atoms with Crippen LogP contribution in [0.2, 0.25) is 0 Å². The van der Waals surface area contributed by atoms with E-state index in [2.05, 4.69) is 5.32 Å². The summed E-state index contributed by atoms with van der Waals surface area (Å²) in [4.78, 5) is 12.7. The third-order valence-corrected chi connectivity index (χ3v) is 4.06. The van der Waals surface area contributed by atoms with E-state index in [1.54, 1.807) is 12.1 Å². The Hall–Kier alpha value is -1.59. The predicted octanol–water partition coefficient (Wildman–Crippen LogP) is 2.74. The van der Waals surface area contributed by atoms with Gasteiger partial charge in [0, 0.05) is 10.3 Å². The highest BCUT2D eigenvalue weighted by atomic mass is 32.1. The van der Waals surface area contributed by atoms with Gasteiger partial charge in [0.05, 0.1) is 12.8 Å². The third kappa shape index (κ3) is 2.94. The molecule has 0 aliphatic carbocycles. The van der Waals surface area contributed by atoms with E-state index in [1.807, 2.05) is 38.3 Å². The summed E-state index contributed by atoms with van der Waals surface area (Å²) in [6.07, 6.45) is 1.51. The Morgan fingerprint density at radius 1 is 1.35 bits per heavy atom. The van der Waals surface area contributed by atoms with E-state index in [-0.39, 0.29) is 12.5 Å². The SMILES string of the molecule is CC(C)(C)C(=O)NC[C@](O)(c1ccco1)c1cccs1. The fourth-order valence-electron chi connectivity index (χ4n) is 1.80. The molecule has 0 fully saturated rings. The van der Waals surface area contributed by atoms with Crippen LogP contribution in [0.4, 0.5) is 0 Å². The van der Waals surface area contributed by atoms with Crippen molar-refractivity contribution in [2.75, 3.05) is 6.54 Å². The van der Waals surface area contributed by atoms with Crippen LogP contribution in [-0.4, -0.2) is 17.6 Å². The Balaban J connectivity index is 2.24. The van der Waals surface area contributed by atoms with Gasteiger partial charge in [-0.1, -0.05) is 26.8 Å². The Bertz CT molecular complexity index is 518. The van der Waals surface area contributed by atoms with Crippen LogP contribution in [0.3, 0.4) is 0 Å². The number of nitrogens with one attached hydrogen (secondary N) is 1. The van der Waals surface area contributed by atoms with Gasteiger partial charge < -0.3 is 14.8 Å². The maximum absolute atomic E-state index is 12.0. The normalized spacial score (nSPS) is 14.8. The molecule has 0 spiro atoms. The summed E-state index contributed by atoms with van der Waals surface area (Å²) in [5.41, 5.74) is -1.84. The number of furan rings is 1. The van der Waals surface area contributed by atoms with E-state index < -0.39 is 11.0 Å². The molecular formula is C15H19NO3S. The summed E-state index contributed by atoms with van der Waals surface area (Å²) >= 11 is 1.43. The van der Waals surface area contributed by atoms with Crippen molar-refractivity contribution in [1.82, 2.24) is 5.32 Å². The first-order valence-electron chi connectivity index (χ1n) is 6.43. The molecule has 0 unspecified atom stereocenters. The van der Waals surface area contributed by atoms with E-state index in [0.29, 0.717) is 5.76 Å². The fraction of sp³-hybridized carbons (Fsp3) is 0.400. The minimum absolute atomic E-state index is 0.0805. The van der Waals surface area contributed by atoms with Gasteiger partial charge in [0.2, 0.25) is 5.91 Å². The van der Waals surface area contributed by atoms with Crippen molar-refractivity contribution in [3.8, 4) is 0 Å². The van der Waals surface area contributed by atoms with Gasteiger partial charge in [-0.2, -0.15) is 0 Å². The van der Waals surface area contributed by atoms with Crippen LogP contribution in [-0.2, 0) is 10.4 Å². The quantitative estimate of drug-likeness (QED) is 0.911. The zero-order valence-corrected chi connectivity index (χ0v) is 12.7. The van der Waals surface area contributed by atoms with Crippen LogP contribution in [0.25, 0.3) is 0 Å². The van der Waals surface area contributed by atoms with Crippen LogP contribution in [0.15, 0.2) is 40.3 Å². The Labute approximate surface area is 122 Å². The van der Waals surface area contributed by atoms with Gasteiger partial charge in [-0.25, -0.2) is 0 Å². The predicted molar refractivity (Wildman–Crippen MR) is 78.5 cm³/mol. The van der Waals surface area contributed by atoms with Crippen molar-refractivity contribution in [2.45, 2.75) is 26.4 Å². The number of amides is 1. The minimum Gasteiger partial charge on any atom is -0.466 e. The fourth-order valence-corrected chi connectivity index (χ4v) is 2.63. The number of carbonyl (C=O) groups is 1. The third-order valence-electron chi connectivity index (χ3n) is 3.04. The second-order valence-electron chi connectivity index (χ2n) is 5.75. The first-order chi connectivity index (χ1) is 9.34. The summed E-state index contributed by atoms with van der Waals surface area (Å²) in [5, 5.41) is 15.6. The molecule has 2 rings (SSSR count). The van der Waals surface area contributed by atoms with Gasteiger partial charge in [0.1, 0.15) is 5.76 Å². The largest absolute Gasteiger partial charge is 0.466 e. The van der Waals surface area contributed by atoms with E-state index in [0.717, 1.165) is 4.88 Å². The van der Waals surface area contributed by atoms with Crippen molar-refractivity contribution in [1.29, 1.82) is 0 Å². The van der Waals surface area contributed by atoms with Gasteiger partial charge in [0.25, 0.3) is 0 Å². The number of rotatable bonds is 4. The van der Waals surface area contributed by atoms with Gasteiger partial charge in [-0.3, -0.25) is 4.79 Å². The minimum atomic E-state index is -1.33. The molecular weight excluding hydrogens is 274 g/mol. The van der Waals surface area contributed by atoms with Crippen molar-refractivity contribution < 1.29 is 14.3 Å². The highest BCUT2D eigenvalue weighted by molar-refractivity contribution is 7.10. The zero-order valence-electron chi connectivity index (χ0n) is 11.8. The molecule has 0 radical (unpaired) electrons. The summed E-state index contributed by atoms with van der Waals surface area (Å²) < 4.78 is 5.35. The molecule has 4 nitrogen and oxygen atoms in total. The van der Waals surface area contributed by atoms with Crippen LogP contribution in [0, 0.1) is 5.41 Å². The molecule has 0 aromatic carbocycles. The topological polar surface area (TPSA) is 62.5 Å². The molecule has 0 aliphatic rings. The molecule has 1 atom stereocenters. The Morgan fingerprint density at radius 3 is 2.60 bits per heavy atom. The molecule has 0 bridgehead atoms. The number of carbonyl (C=O) groups excluding carboxylic acids is 1. The van der Waals surface area contributed by atoms with E-state index in [1.165, 1.54) is 17.6 Å². The molecule has 108 valence electrons. The Kier molecular flexibility index (Phi) is 4.01. The molecule has 5 heteroatoms. The molecule has 20 heavy (non-hydrogen) atoms. The lowest BCUT2D eigenvalue weighted by molar-refractivity contribution is -0.129. The monoisotopic (exact) mass is 293 g/mol. The van der Waals surface area contributed by atoms with E-state index >= 15 is 0 Å². The van der Waals surface area contributed by atoms with Crippen molar-refractivity contribution in [3.63, 3.8) is 0 Å². The summed E-state index contributed by atoms with van der Waals surface area (Å²) in [6.45, 7) is 5.58. The zero-order chi connectivity index (χ0) is 14.8. The van der Waals surface area contributed by atoms with Crippen LogP contribution in [0.1, 0.15) is 31.4 Å². The van der Waals surface area contributed by atoms with E-state index in [4.69, 9.17) is 4.42 Å². The standard InChI is InChI=1S/C15H19NO3S/c1-14(2,3)13(17)16-10-15(18,11-6-4-8-19-11)12-7-5-9-20-12/h4-9,18H,10H2,1-3H3,(H,16,17)/t15-/m0/s1. The van der Waals surface area contributed by atoms with Crippen LogP contribution in [0.5, 0.6) is 0 Å². The summed E-state index contributed by atoms with van der Waals surface area (Å²) in [5.74, 6) is 0.313. The lowest BCUT2D eigenvalue weighted by Crippen LogP contribution is -2.44. The van der Waals surface area contributed by atoms with Crippen molar-refractivity contribution in [2.24, 2.45) is 5.41 Å². The first kappa shape index (κ1) is 14.8. The lowest BCUT2D eigenvalue weighted by atomic mass is 9.94. The van der Waals surface area contributed by atoms with Gasteiger partial charge in [0.15, 0.2) is 5.60 Å². The summed E-state index contributed by atoms with van der Waals surface area (Å²) in [7, 11) is 0. The molecule has 2 aromatic heterocycles.